The summed E-state index contributed by atoms with van der Waals surface area (Å²) in [5.41, 5.74) is 2.27. The summed E-state index contributed by atoms with van der Waals surface area (Å²) in [5.74, 6) is 0.578. The van der Waals surface area contributed by atoms with Gasteiger partial charge in [-0.25, -0.2) is 0 Å². The lowest BCUT2D eigenvalue weighted by atomic mass is 9.97. The van der Waals surface area contributed by atoms with Gasteiger partial charge < -0.3 is 10.2 Å². The molecule has 1 amide bonds. The minimum absolute atomic E-state index is 0.0298. The molecule has 0 spiro atoms. The number of carbonyl (C=O) groups excluding carboxylic acids is 1. The summed E-state index contributed by atoms with van der Waals surface area (Å²) in [6.07, 6.45) is 0. The fourth-order valence-electron chi connectivity index (χ4n) is 2.39. The Kier molecular flexibility index (Phi) is 3.44. The molecule has 98 valence electrons. The Morgan fingerprint density at radius 3 is 2.61 bits per heavy atom. The second-order valence-electron chi connectivity index (χ2n) is 5.93. The van der Waals surface area contributed by atoms with Crippen LogP contribution in [0.15, 0.2) is 24.3 Å². The highest BCUT2D eigenvalue weighted by Crippen LogP contribution is 2.29. The molecule has 1 aliphatic heterocycles. The second-order valence-corrected chi connectivity index (χ2v) is 5.93. The molecule has 0 aliphatic carbocycles. The van der Waals surface area contributed by atoms with Crippen molar-refractivity contribution in [2.75, 3.05) is 18.0 Å². The lowest BCUT2D eigenvalue weighted by Gasteiger charge is -2.39. The van der Waals surface area contributed by atoms with Crippen LogP contribution in [0.4, 0.5) is 5.69 Å². The number of hydrogen-bond acceptors (Lipinski definition) is 2. The van der Waals surface area contributed by atoms with Crippen molar-refractivity contribution < 1.29 is 4.79 Å². The largest absolute Gasteiger partial charge is 0.309 e. The van der Waals surface area contributed by atoms with Crippen LogP contribution in [0.25, 0.3) is 0 Å². The molecule has 1 aromatic rings. The Hall–Kier alpha value is -1.35. The second kappa shape index (κ2) is 4.73. The molecular weight excluding hydrogens is 224 g/mol. The van der Waals surface area contributed by atoms with E-state index in [9.17, 15) is 4.79 Å². The van der Waals surface area contributed by atoms with Crippen LogP contribution in [0.1, 0.15) is 39.2 Å². The molecule has 1 heterocycles. The third-order valence-corrected chi connectivity index (χ3v) is 3.42. The van der Waals surface area contributed by atoms with Crippen LogP contribution >= 0.6 is 0 Å². The molecule has 0 saturated carbocycles. The van der Waals surface area contributed by atoms with Gasteiger partial charge in [0, 0.05) is 17.8 Å². The van der Waals surface area contributed by atoms with Crippen LogP contribution in [-0.4, -0.2) is 24.5 Å². The molecule has 0 unspecified atom stereocenters. The van der Waals surface area contributed by atoms with Crippen molar-refractivity contribution >= 4 is 11.6 Å². The first kappa shape index (κ1) is 13.1. The predicted octanol–water partition coefficient (Wildman–Crippen LogP) is 2.52. The minimum Gasteiger partial charge on any atom is -0.309 e. The maximum absolute atomic E-state index is 12.1. The van der Waals surface area contributed by atoms with E-state index >= 15 is 0 Å². The van der Waals surface area contributed by atoms with E-state index in [2.05, 4.69) is 45.1 Å². The van der Waals surface area contributed by atoms with Crippen molar-refractivity contribution in [3.05, 3.63) is 29.8 Å². The predicted molar refractivity (Wildman–Crippen MR) is 75.0 cm³/mol. The van der Waals surface area contributed by atoms with Crippen LogP contribution in [-0.2, 0) is 4.79 Å². The summed E-state index contributed by atoms with van der Waals surface area (Å²) >= 11 is 0. The standard InChI is InChI=1S/C15H22N2O/c1-11(2)12-7-5-6-8-13(12)17-10-15(3,4)16-9-14(17)18/h5-8,11,16H,9-10H2,1-4H3. The molecule has 0 bridgehead atoms. The molecule has 18 heavy (non-hydrogen) atoms. The third-order valence-electron chi connectivity index (χ3n) is 3.42. The molecule has 1 aromatic carbocycles. The maximum Gasteiger partial charge on any atom is 0.241 e. The first-order chi connectivity index (χ1) is 8.41. The zero-order valence-corrected chi connectivity index (χ0v) is 11.7. The Bertz CT molecular complexity index is 452. The van der Waals surface area contributed by atoms with Gasteiger partial charge in [0.25, 0.3) is 0 Å². The highest BCUT2D eigenvalue weighted by Gasteiger charge is 2.32. The number of nitrogens with zero attached hydrogens (tertiary/aromatic N) is 1. The molecule has 3 nitrogen and oxygen atoms in total. The monoisotopic (exact) mass is 246 g/mol. The highest BCUT2D eigenvalue weighted by molar-refractivity contribution is 5.96. The van der Waals surface area contributed by atoms with Crippen molar-refractivity contribution in [2.24, 2.45) is 0 Å². The van der Waals surface area contributed by atoms with Crippen molar-refractivity contribution in [1.82, 2.24) is 5.32 Å². The van der Waals surface area contributed by atoms with Crippen LogP contribution in [0.5, 0.6) is 0 Å². The molecule has 1 fully saturated rings. The van der Waals surface area contributed by atoms with Crippen LogP contribution < -0.4 is 10.2 Å². The normalized spacial score (nSPS) is 19.4. The number of rotatable bonds is 2. The molecule has 0 aromatic heterocycles. The summed E-state index contributed by atoms with van der Waals surface area (Å²) in [4.78, 5) is 14.0. The first-order valence-corrected chi connectivity index (χ1v) is 6.55. The summed E-state index contributed by atoms with van der Waals surface area (Å²) in [7, 11) is 0. The SMILES string of the molecule is CC(C)c1ccccc1N1CC(C)(C)NCC1=O. The van der Waals surface area contributed by atoms with Crippen molar-refractivity contribution in [1.29, 1.82) is 0 Å². The smallest absolute Gasteiger partial charge is 0.241 e. The van der Waals surface area contributed by atoms with E-state index in [1.54, 1.807) is 0 Å². The number of amides is 1. The molecule has 1 saturated heterocycles. The lowest BCUT2D eigenvalue weighted by molar-refractivity contribution is -0.119. The zero-order chi connectivity index (χ0) is 13.3. The number of carbonyl (C=O) groups is 1. The van der Waals surface area contributed by atoms with E-state index in [0.29, 0.717) is 12.5 Å². The maximum atomic E-state index is 12.1. The minimum atomic E-state index is -0.0298. The van der Waals surface area contributed by atoms with Crippen LogP contribution in [0, 0.1) is 0 Å². The summed E-state index contributed by atoms with van der Waals surface area (Å²) in [6.45, 7) is 9.72. The topological polar surface area (TPSA) is 32.3 Å². The van der Waals surface area contributed by atoms with Gasteiger partial charge in [-0.05, 0) is 31.4 Å². The Morgan fingerprint density at radius 2 is 1.94 bits per heavy atom. The number of para-hydroxylation sites is 1. The van der Waals surface area contributed by atoms with E-state index in [-0.39, 0.29) is 11.4 Å². The summed E-state index contributed by atoms with van der Waals surface area (Å²) in [5, 5.41) is 3.27. The van der Waals surface area contributed by atoms with Gasteiger partial charge in [0.05, 0.1) is 6.54 Å². The van der Waals surface area contributed by atoms with Gasteiger partial charge in [-0.2, -0.15) is 0 Å². The van der Waals surface area contributed by atoms with Gasteiger partial charge in [0.1, 0.15) is 0 Å². The van der Waals surface area contributed by atoms with E-state index in [4.69, 9.17) is 0 Å². The third kappa shape index (κ3) is 2.56. The Morgan fingerprint density at radius 1 is 1.28 bits per heavy atom. The van der Waals surface area contributed by atoms with Crippen molar-refractivity contribution in [3.8, 4) is 0 Å². The van der Waals surface area contributed by atoms with E-state index in [0.717, 1.165) is 12.2 Å². The number of benzene rings is 1. The van der Waals surface area contributed by atoms with E-state index in [1.165, 1.54) is 5.56 Å². The average Bonchev–Trinajstić information content (AvgIpc) is 2.32. The van der Waals surface area contributed by atoms with Gasteiger partial charge in [0.2, 0.25) is 5.91 Å². The summed E-state index contributed by atoms with van der Waals surface area (Å²) in [6, 6.07) is 8.21. The quantitative estimate of drug-likeness (QED) is 0.869. The van der Waals surface area contributed by atoms with Gasteiger partial charge in [-0.1, -0.05) is 32.0 Å². The highest BCUT2D eigenvalue weighted by atomic mass is 16.2. The van der Waals surface area contributed by atoms with Crippen LogP contribution in [0.3, 0.4) is 0 Å². The molecule has 2 rings (SSSR count). The molecule has 0 radical (unpaired) electrons. The van der Waals surface area contributed by atoms with Crippen molar-refractivity contribution in [3.63, 3.8) is 0 Å². The lowest BCUT2D eigenvalue weighted by Crippen LogP contribution is -2.60. The van der Waals surface area contributed by atoms with Crippen molar-refractivity contribution in [2.45, 2.75) is 39.2 Å². The summed E-state index contributed by atoms with van der Waals surface area (Å²) < 4.78 is 0. The molecule has 1 N–H and O–H groups in total. The number of nitrogens with one attached hydrogen (secondary N) is 1. The van der Waals surface area contributed by atoms with Gasteiger partial charge >= 0.3 is 0 Å². The number of piperazine rings is 1. The number of anilines is 1. The molecule has 3 heteroatoms. The number of hydrogen-bond donors (Lipinski definition) is 1. The van der Waals surface area contributed by atoms with Gasteiger partial charge in [-0.15, -0.1) is 0 Å². The van der Waals surface area contributed by atoms with Crippen LogP contribution in [0.2, 0.25) is 0 Å². The van der Waals surface area contributed by atoms with Gasteiger partial charge in [-0.3, -0.25) is 4.79 Å². The fraction of sp³-hybridized carbons (Fsp3) is 0.533. The fourth-order valence-corrected chi connectivity index (χ4v) is 2.39. The molecular formula is C15H22N2O. The van der Waals surface area contributed by atoms with E-state index < -0.39 is 0 Å². The molecule has 1 aliphatic rings. The Labute approximate surface area is 109 Å². The van der Waals surface area contributed by atoms with E-state index in [1.807, 2.05) is 17.0 Å². The zero-order valence-electron chi connectivity index (χ0n) is 11.7. The van der Waals surface area contributed by atoms with Gasteiger partial charge in [0.15, 0.2) is 0 Å². The Balaban J connectivity index is 2.38. The molecule has 0 atom stereocenters. The average molecular weight is 246 g/mol. The first-order valence-electron chi connectivity index (χ1n) is 6.55.